The van der Waals surface area contributed by atoms with Crippen LogP contribution in [0.15, 0.2) is 51.8 Å². The van der Waals surface area contributed by atoms with E-state index in [1.807, 2.05) is 18.2 Å². The van der Waals surface area contributed by atoms with Crippen molar-refractivity contribution < 1.29 is 22.4 Å². The van der Waals surface area contributed by atoms with Gasteiger partial charge in [-0.3, -0.25) is 4.79 Å². The molecule has 0 fully saturated rings. The van der Waals surface area contributed by atoms with E-state index in [2.05, 4.69) is 10.0 Å². The molecule has 1 aromatic heterocycles. The molecule has 1 unspecified atom stereocenters. The number of rotatable bonds is 7. The molecule has 2 N–H and O–H groups in total. The summed E-state index contributed by atoms with van der Waals surface area (Å²) in [6.45, 7) is 5.53. The van der Waals surface area contributed by atoms with Crippen molar-refractivity contribution in [3.05, 3.63) is 59.4 Å². The Labute approximate surface area is 170 Å². The monoisotopic (exact) mass is 416 g/mol. The van der Waals surface area contributed by atoms with Crippen LogP contribution >= 0.6 is 0 Å². The van der Waals surface area contributed by atoms with E-state index in [1.165, 1.54) is 12.1 Å². The first-order chi connectivity index (χ1) is 13.8. The molecule has 29 heavy (non-hydrogen) atoms. The van der Waals surface area contributed by atoms with Gasteiger partial charge in [-0.05, 0) is 43.7 Å². The molecule has 3 rings (SSSR count). The highest BCUT2D eigenvalue weighted by atomic mass is 32.2. The summed E-state index contributed by atoms with van der Waals surface area (Å²) in [6.07, 6.45) is 0. The topological polar surface area (TPSA) is 97.6 Å². The Morgan fingerprint density at radius 2 is 1.97 bits per heavy atom. The Hall–Kier alpha value is -2.84. The van der Waals surface area contributed by atoms with Crippen molar-refractivity contribution >= 4 is 26.9 Å². The van der Waals surface area contributed by atoms with Gasteiger partial charge in [-0.2, -0.15) is 0 Å². The number of carbonyl (C=O) groups excluding carboxylic acids is 1. The van der Waals surface area contributed by atoms with E-state index >= 15 is 0 Å². The van der Waals surface area contributed by atoms with E-state index in [0.29, 0.717) is 28.2 Å². The molecule has 1 atom stereocenters. The number of methoxy groups -OCH3 is 1. The zero-order valence-electron chi connectivity index (χ0n) is 16.8. The number of carbonyl (C=O) groups is 1. The van der Waals surface area contributed by atoms with E-state index in [-0.39, 0.29) is 17.3 Å². The highest BCUT2D eigenvalue weighted by Gasteiger charge is 2.20. The number of fused-ring (bicyclic) bond motifs is 1. The Bertz CT molecular complexity index is 1150. The SMILES string of the molecule is CCNS(=O)(=O)c1ccc(C)c(C(=O)NC(C)c2cc3cccc(OC)c3o2)c1. The number of furan rings is 1. The van der Waals surface area contributed by atoms with Crippen LogP contribution in [0, 0.1) is 6.92 Å². The standard InChI is InChI=1S/C21H24N2O5S/c1-5-22-29(25,26)16-10-9-13(2)17(12-16)21(24)23-14(3)19-11-15-7-6-8-18(27-4)20(15)28-19/h6-12,14,22H,5H2,1-4H3,(H,23,24). The van der Waals surface area contributed by atoms with Crippen LogP contribution in [0.25, 0.3) is 11.0 Å². The molecule has 0 bridgehead atoms. The second-order valence-electron chi connectivity index (χ2n) is 6.70. The normalized spacial score (nSPS) is 12.7. The zero-order chi connectivity index (χ0) is 21.2. The molecular weight excluding hydrogens is 392 g/mol. The first-order valence-electron chi connectivity index (χ1n) is 9.24. The lowest BCUT2D eigenvalue weighted by atomic mass is 10.1. The summed E-state index contributed by atoms with van der Waals surface area (Å²) in [6, 6.07) is 11.5. The van der Waals surface area contributed by atoms with Crippen molar-refractivity contribution in [2.75, 3.05) is 13.7 Å². The number of ether oxygens (including phenoxy) is 1. The molecule has 1 amide bonds. The number of benzene rings is 2. The van der Waals surface area contributed by atoms with Gasteiger partial charge in [-0.1, -0.05) is 25.1 Å². The van der Waals surface area contributed by atoms with Crippen molar-refractivity contribution in [3.8, 4) is 5.75 Å². The lowest BCUT2D eigenvalue weighted by Crippen LogP contribution is -2.28. The molecule has 0 aliphatic carbocycles. The molecule has 0 aliphatic rings. The van der Waals surface area contributed by atoms with E-state index in [9.17, 15) is 13.2 Å². The van der Waals surface area contributed by atoms with Gasteiger partial charge < -0.3 is 14.5 Å². The fourth-order valence-corrected chi connectivity index (χ4v) is 4.13. The van der Waals surface area contributed by atoms with Gasteiger partial charge >= 0.3 is 0 Å². The van der Waals surface area contributed by atoms with E-state index in [4.69, 9.17) is 9.15 Å². The second kappa shape index (κ2) is 8.26. The first kappa shape index (κ1) is 20.9. The minimum Gasteiger partial charge on any atom is -0.493 e. The van der Waals surface area contributed by atoms with E-state index < -0.39 is 16.1 Å². The molecule has 0 aliphatic heterocycles. The number of para-hydroxylation sites is 1. The van der Waals surface area contributed by atoms with Gasteiger partial charge in [0.05, 0.1) is 18.0 Å². The van der Waals surface area contributed by atoms with Crippen molar-refractivity contribution in [3.63, 3.8) is 0 Å². The number of aryl methyl sites for hydroxylation is 1. The van der Waals surface area contributed by atoms with Crippen LogP contribution in [-0.4, -0.2) is 28.0 Å². The van der Waals surface area contributed by atoms with Crippen molar-refractivity contribution in [1.82, 2.24) is 10.0 Å². The molecule has 0 saturated heterocycles. The largest absolute Gasteiger partial charge is 0.493 e. The quantitative estimate of drug-likeness (QED) is 0.614. The lowest BCUT2D eigenvalue weighted by molar-refractivity contribution is 0.0935. The molecule has 0 spiro atoms. The number of amides is 1. The summed E-state index contributed by atoms with van der Waals surface area (Å²) in [5.74, 6) is 0.812. The lowest BCUT2D eigenvalue weighted by Gasteiger charge is -2.14. The number of nitrogens with one attached hydrogen (secondary N) is 2. The maximum Gasteiger partial charge on any atom is 0.252 e. The molecular formula is C21H24N2O5S. The van der Waals surface area contributed by atoms with Crippen LogP contribution in [-0.2, 0) is 10.0 Å². The molecule has 0 saturated carbocycles. The third-order valence-electron chi connectivity index (χ3n) is 4.62. The van der Waals surface area contributed by atoms with Crippen molar-refractivity contribution in [2.24, 2.45) is 0 Å². The smallest absolute Gasteiger partial charge is 0.252 e. The molecule has 7 nitrogen and oxygen atoms in total. The zero-order valence-corrected chi connectivity index (χ0v) is 17.6. The summed E-state index contributed by atoms with van der Waals surface area (Å²) >= 11 is 0. The van der Waals surface area contributed by atoms with Crippen LogP contribution in [0.5, 0.6) is 5.75 Å². The van der Waals surface area contributed by atoms with E-state index in [1.54, 1.807) is 40.0 Å². The Morgan fingerprint density at radius 3 is 2.66 bits per heavy atom. The van der Waals surface area contributed by atoms with Gasteiger partial charge in [0, 0.05) is 17.5 Å². The van der Waals surface area contributed by atoms with Gasteiger partial charge in [0.1, 0.15) is 5.76 Å². The summed E-state index contributed by atoms with van der Waals surface area (Å²) in [4.78, 5) is 12.9. The fourth-order valence-electron chi connectivity index (χ4n) is 3.06. The predicted molar refractivity (Wildman–Crippen MR) is 111 cm³/mol. The summed E-state index contributed by atoms with van der Waals surface area (Å²) < 4.78 is 38.1. The third kappa shape index (κ3) is 4.28. The number of hydrogen-bond donors (Lipinski definition) is 2. The van der Waals surface area contributed by atoms with Crippen molar-refractivity contribution in [1.29, 1.82) is 0 Å². The summed E-state index contributed by atoms with van der Waals surface area (Å²) in [5.41, 5.74) is 1.59. The van der Waals surface area contributed by atoms with Crippen LogP contribution in [0.1, 0.15) is 41.6 Å². The molecule has 8 heteroatoms. The molecule has 0 radical (unpaired) electrons. The van der Waals surface area contributed by atoms with Gasteiger partial charge in [0.25, 0.3) is 5.91 Å². The van der Waals surface area contributed by atoms with Crippen LogP contribution < -0.4 is 14.8 Å². The van der Waals surface area contributed by atoms with Crippen LogP contribution in [0.3, 0.4) is 0 Å². The number of hydrogen-bond acceptors (Lipinski definition) is 5. The number of sulfonamides is 1. The Balaban J connectivity index is 1.86. The highest BCUT2D eigenvalue weighted by molar-refractivity contribution is 7.89. The van der Waals surface area contributed by atoms with Gasteiger partial charge in [-0.25, -0.2) is 13.1 Å². The fraction of sp³-hybridized carbons (Fsp3) is 0.286. The van der Waals surface area contributed by atoms with E-state index in [0.717, 1.165) is 5.39 Å². The average molecular weight is 416 g/mol. The maximum absolute atomic E-state index is 12.8. The predicted octanol–water partition coefficient (Wildman–Crippen LogP) is 3.54. The van der Waals surface area contributed by atoms with Crippen molar-refractivity contribution in [2.45, 2.75) is 31.7 Å². The van der Waals surface area contributed by atoms with Crippen LogP contribution in [0.4, 0.5) is 0 Å². The van der Waals surface area contributed by atoms with Crippen LogP contribution in [0.2, 0.25) is 0 Å². The third-order valence-corrected chi connectivity index (χ3v) is 6.16. The molecule has 3 aromatic rings. The van der Waals surface area contributed by atoms with Gasteiger partial charge in [-0.15, -0.1) is 0 Å². The first-order valence-corrected chi connectivity index (χ1v) is 10.7. The molecule has 1 heterocycles. The maximum atomic E-state index is 12.8. The highest BCUT2D eigenvalue weighted by Crippen LogP contribution is 2.31. The van der Waals surface area contributed by atoms with Gasteiger partial charge in [0.2, 0.25) is 10.0 Å². The molecule has 2 aromatic carbocycles. The minimum atomic E-state index is -3.65. The summed E-state index contributed by atoms with van der Waals surface area (Å²) in [7, 11) is -2.08. The van der Waals surface area contributed by atoms with Gasteiger partial charge in [0.15, 0.2) is 11.3 Å². The Morgan fingerprint density at radius 1 is 1.21 bits per heavy atom. The second-order valence-corrected chi connectivity index (χ2v) is 8.47. The minimum absolute atomic E-state index is 0.0521. The molecule has 154 valence electrons. The average Bonchev–Trinajstić information content (AvgIpc) is 3.12. The summed E-state index contributed by atoms with van der Waals surface area (Å²) in [5, 5.41) is 3.74. The Kier molecular flexibility index (Phi) is 5.95.